The highest BCUT2D eigenvalue weighted by atomic mass is 35.5. The molecule has 0 aliphatic heterocycles. The molecule has 3 aromatic rings. The Morgan fingerprint density at radius 2 is 2.08 bits per heavy atom. The highest BCUT2D eigenvalue weighted by molar-refractivity contribution is 6.30. The van der Waals surface area contributed by atoms with Gasteiger partial charge in [0.15, 0.2) is 19.0 Å². The van der Waals surface area contributed by atoms with Crippen LogP contribution in [0, 0.1) is 6.92 Å². The van der Waals surface area contributed by atoms with Gasteiger partial charge < -0.3 is 14.6 Å². The summed E-state index contributed by atoms with van der Waals surface area (Å²) >= 11 is 5.82. The molecule has 11 heteroatoms. The first-order valence-electron chi connectivity index (χ1n) is 7.42. The van der Waals surface area contributed by atoms with Crippen LogP contribution in [-0.2, 0) is 20.9 Å². The third kappa shape index (κ3) is 4.63. The summed E-state index contributed by atoms with van der Waals surface area (Å²) in [5.41, 5.74) is 0.705. The Labute approximate surface area is 152 Å². The van der Waals surface area contributed by atoms with Crippen LogP contribution in [0.4, 0.5) is 5.82 Å². The van der Waals surface area contributed by atoms with Gasteiger partial charge in [0.2, 0.25) is 5.82 Å². The van der Waals surface area contributed by atoms with E-state index in [4.69, 9.17) is 20.9 Å². The molecule has 0 fully saturated rings. The van der Waals surface area contributed by atoms with E-state index in [0.29, 0.717) is 22.2 Å². The number of carbonyl (C=O) groups excluding carboxylic acids is 2. The quantitative estimate of drug-likeness (QED) is 0.641. The lowest BCUT2D eigenvalue weighted by molar-refractivity contribution is -0.148. The van der Waals surface area contributed by atoms with Crippen LogP contribution in [0.1, 0.15) is 5.76 Å². The van der Waals surface area contributed by atoms with E-state index in [0.717, 1.165) is 4.80 Å². The van der Waals surface area contributed by atoms with Gasteiger partial charge in [-0.3, -0.25) is 4.79 Å². The van der Waals surface area contributed by atoms with Crippen molar-refractivity contribution < 1.29 is 18.8 Å². The van der Waals surface area contributed by atoms with Gasteiger partial charge in [-0.05, 0) is 36.4 Å². The lowest BCUT2D eigenvalue weighted by Crippen LogP contribution is -2.23. The number of tetrazole rings is 1. The van der Waals surface area contributed by atoms with Crippen molar-refractivity contribution in [1.29, 1.82) is 0 Å². The molecule has 0 saturated carbocycles. The summed E-state index contributed by atoms with van der Waals surface area (Å²) in [7, 11) is 0. The minimum Gasteiger partial charge on any atom is -0.454 e. The van der Waals surface area contributed by atoms with Gasteiger partial charge in [0, 0.05) is 16.7 Å². The summed E-state index contributed by atoms with van der Waals surface area (Å²) in [5, 5.41) is 18.3. The van der Waals surface area contributed by atoms with Crippen molar-refractivity contribution in [2.24, 2.45) is 0 Å². The first-order chi connectivity index (χ1) is 12.5. The molecule has 3 rings (SSSR count). The number of nitrogens with zero attached hydrogens (tertiary/aromatic N) is 5. The lowest BCUT2D eigenvalue weighted by atomic mass is 10.2. The number of carbonyl (C=O) groups is 2. The van der Waals surface area contributed by atoms with Gasteiger partial charge >= 0.3 is 5.97 Å². The number of hydrogen-bond donors (Lipinski definition) is 1. The summed E-state index contributed by atoms with van der Waals surface area (Å²) in [5.74, 6) is -0.0923. The maximum absolute atomic E-state index is 11.8. The third-order valence-electron chi connectivity index (χ3n) is 3.09. The highest BCUT2D eigenvalue weighted by Gasteiger charge is 2.13. The number of aryl methyl sites for hydroxylation is 1. The zero-order valence-corrected chi connectivity index (χ0v) is 14.3. The van der Waals surface area contributed by atoms with Gasteiger partial charge in [0.25, 0.3) is 5.91 Å². The average Bonchev–Trinajstić information content (AvgIpc) is 3.23. The molecular weight excluding hydrogens is 364 g/mol. The van der Waals surface area contributed by atoms with Crippen molar-refractivity contribution >= 4 is 29.3 Å². The molecule has 1 aromatic carbocycles. The molecule has 10 nitrogen and oxygen atoms in total. The van der Waals surface area contributed by atoms with Crippen LogP contribution in [0.15, 0.2) is 34.9 Å². The number of esters is 1. The third-order valence-corrected chi connectivity index (χ3v) is 3.34. The smallest absolute Gasteiger partial charge is 0.330 e. The fraction of sp³-hybridized carbons (Fsp3) is 0.200. The number of halogens is 1. The van der Waals surface area contributed by atoms with Crippen LogP contribution in [0.5, 0.6) is 0 Å². The Morgan fingerprint density at radius 1 is 1.31 bits per heavy atom. The SMILES string of the molecule is Cc1cc(NC(=O)COC(=O)Cn2nnc(-c3ccc(Cl)cc3)n2)no1. The van der Waals surface area contributed by atoms with E-state index < -0.39 is 18.5 Å². The van der Waals surface area contributed by atoms with E-state index in [1.54, 1.807) is 31.2 Å². The number of anilines is 1. The van der Waals surface area contributed by atoms with E-state index in [2.05, 4.69) is 25.9 Å². The minimum absolute atomic E-state index is 0.245. The highest BCUT2D eigenvalue weighted by Crippen LogP contribution is 2.16. The molecule has 1 amide bonds. The number of benzene rings is 1. The molecule has 134 valence electrons. The maximum Gasteiger partial charge on any atom is 0.330 e. The van der Waals surface area contributed by atoms with Crippen molar-refractivity contribution in [1.82, 2.24) is 25.4 Å². The molecule has 0 aliphatic carbocycles. The van der Waals surface area contributed by atoms with Crippen molar-refractivity contribution in [2.75, 3.05) is 11.9 Å². The first-order valence-corrected chi connectivity index (χ1v) is 7.80. The monoisotopic (exact) mass is 376 g/mol. The van der Waals surface area contributed by atoms with E-state index in [9.17, 15) is 9.59 Å². The van der Waals surface area contributed by atoms with Gasteiger partial charge in [0.05, 0.1) is 0 Å². The van der Waals surface area contributed by atoms with Crippen molar-refractivity contribution in [3.8, 4) is 11.4 Å². The van der Waals surface area contributed by atoms with Crippen LogP contribution in [-0.4, -0.2) is 43.8 Å². The molecule has 2 aromatic heterocycles. The summed E-state index contributed by atoms with van der Waals surface area (Å²) < 4.78 is 9.67. The van der Waals surface area contributed by atoms with Gasteiger partial charge in [-0.1, -0.05) is 16.8 Å². The summed E-state index contributed by atoms with van der Waals surface area (Å²) in [6.07, 6.45) is 0. The van der Waals surface area contributed by atoms with Crippen LogP contribution in [0.2, 0.25) is 5.02 Å². The second-order valence-electron chi connectivity index (χ2n) is 5.18. The minimum atomic E-state index is -0.684. The van der Waals surface area contributed by atoms with Gasteiger partial charge in [-0.15, -0.1) is 10.2 Å². The molecule has 0 spiro atoms. The Bertz CT molecular complexity index is 920. The Hall–Kier alpha value is -3.27. The molecule has 0 aliphatic rings. The molecular formula is C15H13ClN6O4. The number of rotatable bonds is 6. The number of nitrogens with one attached hydrogen (secondary N) is 1. The summed E-state index contributed by atoms with van der Waals surface area (Å²) in [4.78, 5) is 24.5. The van der Waals surface area contributed by atoms with E-state index >= 15 is 0 Å². The number of amides is 1. The number of ether oxygens (including phenoxy) is 1. The summed E-state index contributed by atoms with van der Waals surface area (Å²) in [6, 6.07) is 8.40. The maximum atomic E-state index is 11.8. The molecule has 0 saturated heterocycles. The Balaban J connectivity index is 1.49. The molecule has 2 heterocycles. The van der Waals surface area contributed by atoms with Crippen LogP contribution < -0.4 is 5.32 Å². The zero-order valence-electron chi connectivity index (χ0n) is 13.5. The van der Waals surface area contributed by atoms with E-state index in [1.165, 1.54) is 6.07 Å². The molecule has 0 radical (unpaired) electrons. The Morgan fingerprint density at radius 3 is 2.77 bits per heavy atom. The van der Waals surface area contributed by atoms with Crippen LogP contribution >= 0.6 is 11.6 Å². The topological polar surface area (TPSA) is 125 Å². The lowest BCUT2D eigenvalue weighted by Gasteiger charge is -2.03. The molecule has 0 bridgehead atoms. The van der Waals surface area contributed by atoms with Crippen molar-refractivity contribution in [2.45, 2.75) is 13.5 Å². The fourth-order valence-corrected chi connectivity index (χ4v) is 2.06. The first kappa shape index (κ1) is 17.5. The number of aromatic nitrogens is 5. The second kappa shape index (κ2) is 7.74. The summed E-state index contributed by atoms with van der Waals surface area (Å²) in [6.45, 7) is 0.937. The standard InChI is InChI=1S/C15H13ClN6O4/c1-9-6-12(20-26-9)17-13(23)8-25-14(24)7-22-19-15(18-21-22)10-2-4-11(16)5-3-10/h2-6H,7-8H2,1H3,(H,17,20,23). The van der Waals surface area contributed by atoms with E-state index in [-0.39, 0.29) is 12.4 Å². The fourth-order valence-electron chi connectivity index (χ4n) is 1.94. The van der Waals surface area contributed by atoms with Crippen LogP contribution in [0.3, 0.4) is 0 Å². The van der Waals surface area contributed by atoms with Gasteiger partial charge in [0.1, 0.15) is 5.76 Å². The average molecular weight is 377 g/mol. The van der Waals surface area contributed by atoms with Crippen LogP contribution in [0.25, 0.3) is 11.4 Å². The molecule has 1 N–H and O–H groups in total. The van der Waals surface area contributed by atoms with Crippen molar-refractivity contribution in [3.63, 3.8) is 0 Å². The zero-order chi connectivity index (χ0) is 18.5. The molecule has 26 heavy (non-hydrogen) atoms. The second-order valence-corrected chi connectivity index (χ2v) is 5.62. The van der Waals surface area contributed by atoms with E-state index in [1.807, 2.05) is 0 Å². The normalized spacial score (nSPS) is 10.5. The Kier molecular flexibility index (Phi) is 5.23. The molecule has 0 atom stereocenters. The predicted octanol–water partition coefficient (Wildman–Crippen LogP) is 1.47. The largest absolute Gasteiger partial charge is 0.454 e. The van der Waals surface area contributed by atoms with Gasteiger partial charge in [-0.2, -0.15) is 4.80 Å². The van der Waals surface area contributed by atoms with Crippen molar-refractivity contribution in [3.05, 3.63) is 41.1 Å². The molecule has 0 unspecified atom stereocenters. The number of hydrogen-bond acceptors (Lipinski definition) is 8. The van der Waals surface area contributed by atoms with Gasteiger partial charge in [-0.25, -0.2) is 4.79 Å². The predicted molar refractivity (Wildman–Crippen MR) is 89.1 cm³/mol.